The zero-order chi connectivity index (χ0) is 18.9. The quantitative estimate of drug-likeness (QED) is 0.480. The first kappa shape index (κ1) is 19.5. The molecule has 2 nitrogen and oxygen atoms in total. The van der Waals surface area contributed by atoms with Crippen LogP contribution in [-0.4, -0.2) is 18.1 Å². The third kappa shape index (κ3) is 4.04. The van der Waals surface area contributed by atoms with Crippen LogP contribution < -0.4 is 5.32 Å². The number of hydrogen-bond donors (Lipinski definition) is 1. The fourth-order valence-electron chi connectivity index (χ4n) is 2.92. The average Bonchev–Trinajstić information content (AvgIpc) is 2.54. The van der Waals surface area contributed by atoms with Crippen LogP contribution in [0.25, 0.3) is 0 Å². The summed E-state index contributed by atoms with van der Waals surface area (Å²) in [6, 6.07) is -1.30. The topological polar surface area (TPSA) is 29.1 Å². The van der Waals surface area contributed by atoms with Crippen LogP contribution >= 0.6 is 0 Å². The van der Waals surface area contributed by atoms with E-state index in [1.54, 1.807) is 0 Å². The lowest BCUT2D eigenvalue weighted by Crippen LogP contribution is -2.48. The van der Waals surface area contributed by atoms with E-state index in [4.69, 9.17) is 0 Å². The highest BCUT2D eigenvalue weighted by molar-refractivity contribution is 5.79. The molecule has 1 aliphatic carbocycles. The summed E-state index contributed by atoms with van der Waals surface area (Å²) in [6.45, 7) is 0. The third-order valence-electron chi connectivity index (χ3n) is 4.17. The second kappa shape index (κ2) is 7.17. The van der Waals surface area contributed by atoms with Gasteiger partial charge >= 0.3 is 6.18 Å². The Bertz CT molecular complexity index is 643. The number of rotatable bonds is 3. The van der Waals surface area contributed by atoms with Gasteiger partial charge in [-0.1, -0.05) is 12.8 Å². The molecule has 0 aliphatic heterocycles. The van der Waals surface area contributed by atoms with Gasteiger partial charge in [-0.15, -0.1) is 0 Å². The molecule has 1 aliphatic rings. The van der Waals surface area contributed by atoms with E-state index in [9.17, 15) is 39.9 Å². The summed E-state index contributed by atoms with van der Waals surface area (Å²) in [5.74, 6) is -14.2. The van der Waals surface area contributed by atoms with Gasteiger partial charge in [0.05, 0.1) is 12.3 Å². The third-order valence-corrected chi connectivity index (χ3v) is 4.17. The summed E-state index contributed by atoms with van der Waals surface area (Å²) >= 11 is 0. The molecule has 1 amide bonds. The fourth-order valence-corrected chi connectivity index (χ4v) is 2.92. The number of halogens is 8. The normalized spacial score (nSPS) is 21.3. The zero-order valence-electron chi connectivity index (χ0n) is 12.6. The summed E-state index contributed by atoms with van der Waals surface area (Å²) in [6.07, 6.45) is -5.30. The minimum atomic E-state index is -4.57. The molecule has 1 aromatic carbocycles. The van der Waals surface area contributed by atoms with E-state index in [-0.39, 0.29) is 12.8 Å². The second-order valence-electron chi connectivity index (χ2n) is 5.83. The Morgan fingerprint density at radius 2 is 1.36 bits per heavy atom. The smallest absolute Gasteiger partial charge is 0.352 e. The zero-order valence-corrected chi connectivity index (χ0v) is 12.6. The molecule has 2 rings (SSSR count). The van der Waals surface area contributed by atoms with Crippen molar-refractivity contribution in [1.29, 1.82) is 0 Å². The summed E-state index contributed by atoms with van der Waals surface area (Å²) < 4.78 is 105. The molecule has 0 spiro atoms. The first-order valence-corrected chi connectivity index (χ1v) is 7.40. The molecule has 1 fully saturated rings. The molecule has 2 atom stereocenters. The van der Waals surface area contributed by atoms with Gasteiger partial charge in [0.1, 0.15) is 0 Å². The molecule has 140 valence electrons. The van der Waals surface area contributed by atoms with E-state index in [1.807, 2.05) is 5.32 Å². The van der Waals surface area contributed by atoms with E-state index in [2.05, 4.69) is 0 Å². The highest BCUT2D eigenvalue weighted by Gasteiger charge is 2.46. The summed E-state index contributed by atoms with van der Waals surface area (Å²) in [7, 11) is 0. The van der Waals surface area contributed by atoms with Crippen LogP contribution in [0.3, 0.4) is 0 Å². The van der Waals surface area contributed by atoms with E-state index in [1.165, 1.54) is 0 Å². The van der Waals surface area contributed by atoms with Crippen molar-refractivity contribution in [3.05, 3.63) is 34.6 Å². The maximum atomic E-state index is 13.5. The van der Waals surface area contributed by atoms with Crippen LogP contribution in [0.2, 0.25) is 0 Å². The second-order valence-corrected chi connectivity index (χ2v) is 5.83. The summed E-state index contributed by atoms with van der Waals surface area (Å²) in [4.78, 5) is 11.8. The molecule has 10 heteroatoms. The number of nitrogens with one attached hydrogen (secondary N) is 1. The Labute approximate surface area is 137 Å². The number of amides is 1. The maximum absolute atomic E-state index is 13.5. The van der Waals surface area contributed by atoms with Gasteiger partial charge in [-0.2, -0.15) is 13.2 Å². The van der Waals surface area contributed by atoms with E-state index >= 15 is 0 Å². The largest absolute Gasteiger partial charge is 0.393 e. The van der Waals surface area contributed by atoms with Crippen molar-refractivity contribution in [1.82, 2.24) is 5.32 Å². The van der Waals surface area contributed by atoms with Crippen molar-refractivity contribution in [2.45, 2.75) is 44.3 Å². The highest BCUT2D eigenvalue weighted by Crippen LogP contribution is 2.37. The van der Waals surface area contributed by atoms with Crippen LogP contribution in [0.15, 0.2) is 0 Å². The van der Waals surface area contributed by atoms with Crippen LogP contribution in [-0.2, 0) is 11.2 Å². The summed E-state index contributed by atoms with van der Waals surface area (Å²) in [5.41, 5.74) is -1.38. The molecule has 0 heterocycles. The van der Waals surface area contributed by atoms with Crippen molar-refractivity contribution in [2.24, 2.45) is 5.92 Å². The lowest BCUT2D eigenvalue weighted by atomic mass is 9.84. The van der Waals surface area contributed by atoms with E-state index in [0.717, 1.165) is 0 Å². The molecule has 1 N–H and O–H groups in total. The van der Waals surface area contributed by atoms with Gasteiger partial charge < -0.3 is 5.32 Å². The molecule has 1 saturated carbocycles. The van der Waals surface area contributed by atoms with E-state index < -0.39 is 65.1 Å². The van der Waals surface area contributed by atoms with Crippen LogP contribution in [0.4, 0.5) is 35.1 Å². The highest BCUT2D eigenvalue weighted by atomic mass is 19.4. The van der Waals surface area contributed by atoms with Crippen LogP contribution in [0, 0.1) is 35.0 Å². The molecule has 0 aromatic heterocycles. The first-order valence-electron chi connectivity index (χ1n) is 7.40. The Morgan fingerprint density at radius 3 is 1.88 bits per heavy atom. The van der Waals surface area contributed by atoms with Gasteiger partial charge in [0.25, 0.3) is 0 Å². The van der Waals surface area contributed by atoms with Gasteiger partial charge in [-0.25, -0.2) is 22.0 Å². The monoisotopic (exact) mass is 375 g/mol. The average molecular weight is 375 g/mol. The van der Waals surface area contributed by atoms with Crippen molar-refractivity contribution in [2.75, 3.05) is 0 Å². The number of alkyl halides is 3. The first-order chi connectivity index (χ1) is 11.5. The standard InChI is InChI=1S/C15H13F8NO/c16-10-6(11(17)13(19)14(20)12(10)18)5-9(25)24-8-4-2-1-3-7(8)15(21,22)23/h7-8H,1-5H2,(H,24,25)/t7-,8-/m1/s1. The SMILES string of the molecule is O=C(Cc1c(F)c(F)c(F)c(F)c1F)N[C@@H]1CCCC[C@H]1C(F)(F)F. The maximum Gasteiger partial charge on any atom is 0.393 e. The molecule has 0 bridgehead atoms. The lowest BCUT2D eigenvalue weighted by Gasteiger charge is -2.33. The molecule has 0 unspecified atom stereocenters. The molecule has 25 heavy (non-hydrogen) atoms. The number of carbonyl (C=O) groups is 1. The summed E-state index contributed by atoms with van der Waals surface area (Å²) in [5, 5.41) is 2.00. The number of hydrogen-bond acceptors (Lipinski definition) is 1. The molecule has 1 aromatic rings. The Hall–Kier alpha value is -1.87. The van der Waals surface area contributed by atoms with Crippen molar-refractivity contribution < 1.29 is 39.9 Å². The van der Waals surface area contributed by atoms with Crippen molar-refractivity contribution >= 4 is 5.91 Å². The van der Waals surface area contributed by atoms with Crippen LogP contribution in [0.1, 0.15) is 31.2 Å². The Morgan fingerprint density at radius 1 is 0.880 bits per heavy atom. The minimum absolute atomic E-state index is 0.00697. The van der Waals surface area contributed by atoms with Gasteiger partial charge in [-0.05, 0) is 12.8 Å². The van der Waals surface area contributed by atoms with Gasteiger partial charge in [0.15, 0.2) is 23.3 Å². The fraction of sp³-hybridized carbons (Fsp3) is 0.533. The van der Waals surface area contributed by atoms with Gasteiger partial charge in [0, 0.05) is 11.6 Å². The lowest BCUT2D eigenvalue weighted by molar-refractivity contribution is -0.189. The minimum Gasteiger partial charge on any atom is -0.352 e. The predicted octanol–water partition coefficient (Wildman–Crippen LogP) is 4.16. The van der Waals surface area contributed by atoms with Crippen LogP contribution in [0.5, 0.6) is 0 Å². The Kier molecular flexibility index (Phi) is 5.58. The number of benzene rings is 1. The number of carbonyl (C=O) groups excluding carboxylic acids is 1. The Balaban J connectivity index is 2.18. The molecule has 0 saturated heterocycles. The molecule has 0 radical (unpaired) electrons. The van der Waals surface area contributed by atoms with Gasteiger partial charge in [-0.3, -0.25) is 4.79 Å². The predicted molar refractivity (Wildman–Crippen MR) is 69.9 cm³/mol. The molecular formula is C15H13F8NO. The van der Waals surface area contributed by atoms with E-state index in [0.29, 0.717) is 12.8 Å². The van der Waals surface area contributed by atoms with Crippen molar-refractivity contribution in [3.8, 4) is 0 Å². The molecular weight excluding hydrogens is 362 g/mol. The van der Waals surface area contributed by atoms with Gasteiger partial charge in [0.2, 0.25) is 11.7 Å². The van der Waals surface area contributed by atoms with Crippen molar-refractivity contribution in [3.63, 3.8) is 0 Å².